The molecule has 0 aromatic carbocycles. The van der Waals surface area contributed by atoms with Gasteiger partial charge in [0.1, 0.15) is 5.69 Å². The van der Waals surface area contributed by atoms with Gasteiger partial charge in [-0.1, -0.05) is 0 Å². The largest absolute Gasteiger partial charge is 0.477 e. The van der Waals surface area contributed by atoms with E-state index < -0.39 is 12.0 Å². The summed E-state index contributed by atoms with van der Waals surface area (Å²) in [6.07, 6.45) is 2.96. The van der Waals surface area contributed by atoms with Gasteiger partial charge in [-0.15, -0.1) is 11.3 Å². The highest BCUT2D eigenvalue weighted by Gasteiger charge is 2.06. The Bertz CT molecular complexity index is 568. The smallest absolute Gasteiger partial charge is 0.354 e. The third kappa shape index (κ3) is 3.75. The zero-order chi connectivity index (χ0) is 13.7. The standard InChI is InChI=1S/C11H10N4O3S/c16-10(17)9-2-1-7(3-13-9)15-11(18)14-5-8-4-12-6-19-8/h1-4,6H,5H2,(H,16,17)(H2,14,15,18). The molecule has 0 bridgehead atoms. The quantitative estimate of drug-likeness (QED) is 0.787. The van der Waals surface area contributed by atoms with Crippen molar-refractivity contribution in [2.24, 2.45) is 0 Å². The lowest BCUT2D eigenvalue weighted by Crippen LogP contribution is -2.27. The van der Waals surface area contributed by atoms with Crippen LogP contribution in [0.1, 0.15) is 15.4 Å². The summed E-state index contributed by atoms with van der Waals surface area (Å²) in [4.78, 5) is 30.7. The Hall–Kier alpha value is -2.48. The van der Waals surface area contributed by atoms with Crippen molar-refractivity contribution in [2.75, 3.05) is 5.32 Å². The van der Waals surface area contributed by atoms with E-state index in [1.165, 1.54) is 29.7 Å². The van der Waals surface area contributed by atoms with Crippen LogP contribution in [0.15, 0.2) is 30.0 Å². The first-order valence-electron chi connectivity index (χ1n) is 5.27. The lowest BCUT2D eigenvalue weighted by molar-refractivity contribution is 0.0690. The normalized spacial score (nSPS) is 9.89. The fourth-order valence-corrected chi connectivity index (χ4v) is 1.80. The fourth-order valence-electron chi connectivity index (χ4n) is 1.27. The maximum Gasteiger partial charge on any atom is 0.354 e. The summed E-state index contributed by atoms with van der Waals surface area (Å²) < 4.78 is 0. The lowest BCUT2D eigenvalue weighted by atomic mass is 10.3. The third-order valence-corrected chi connectivity index (χ3v) is 2.93. The van der Waals surface area contributed by atoms with E-state index in [4.69, 9.17) is 5.11 Å². The molecule has 0 unspecified atom stereocenters. The van der Waals surface area contributed by atoms with Gasteiger partial charge in [0.15, 0.2) is 0 Å². The van der Waals surface area contributed by atoms with Crippen LogP contribution in [-0.4, -0.2) is 27.1 Å². The number of thiazole rings is 1. The molecule has 7 nitrogen and oxygen atoms in total. The Morgan fingerprint density at radius 3 is 2.74 bits per heavy atom. The first-order chi connectivity index (χ1) is 9.15. The van der Waals surface area contributed by atoms with E-state index in [-0.39, 0.29) is 5.69 Å². The van der Waals surface area contributed by atoms with Crippen LogP contribution in [0.5, 0.6) is 0 Å². The molecule has 0 atom stereocenters. The molecule has 0 radical (unpaired) electrons. The van der Waals surface area contributed by atoms with E-state index >= 15 is 0 Å². The summed E-state index contributed by atoms with van der Waals surface area (Å²) >= 11 is 1.45. The van der Waals surface area contributed by atoms with E-state index in [0.717, 1.165) is 4.88 Å². The van der Waals surface area contributed by atoms with Gasteiger partial charge in [-0.25, -0.2) is 14.6 Å². The molecule has 3 N–H and O–H groups in total. The van der Waals surface area contributed by atoms with Gasteiger partial charge in [-0.3, -0.25) is 4.98 Å². The number of hydrogen-bond donors (Lipinski definition) is 3. The van der Waals surface area contributed by atoms with Crippen LogP contribution >= 0.6 is 11.3 Å². The van der Waals surface area contributed by atoms with Gasteiger partial charge in [0, 0.05) is 11.1 Å². The van der Waals surface area contributed by atoms with Crippen molar-refractivity contribution in [3.8, 4) is 0 Å². The summed E-state index contributed by atoms with van der Waals surface area (Å²) in [6, 6.07) is 2.41. The maximum atomic E-state index is 11.5. The summed E-state index contributed by atoms with van der Waals surface area (Å²) in [5, 5.41) is 13.9. The van der Waals surface area contributed by atoms with Crippen molar-refractivity contribution >= 4 is 29.0 Å². The Labute approximate surface area is 112 Å². The van der Waals surface area contributed by atoms with Gasteiger partial charge >= 0.3 is 12.0 Å². The van der Waals surface area contributed by atoms with E-state index in [1.807, 2.05) is 0 Å². The maximum absolute atomic E-state index is 11.5. The molecule has 0 spiro atoms. The van der Waals surface area contributed by atoms with Gasteiger partial charge in [-0.2, -0.15) is 0 Å². The number of carboxylic acid groups (broad SMARTS) is 1. The summed E-state index contributed by atoms with van der Waals surface area (Å²) in [5.74, 6) is -1.11. The number of aromatic nitrogens is 2. The molecular formula is C11H10N4O3S. The molecule has 2 heterocycles. The molecule has 2 aromatic heterocycles. The zero-order valence-corrected chi connectivity index (χ0v) is 10.5. The number of carbonyl (C=O) groups excluding carboxylic acids is 1. The Kier molecular flexibility index (Phi) is 4.04. The fraction of sp³-hybridized carbons (Fsp3) is 0.0909. The van der Waals surface area contributed by atoms with Gasteiger partial charge in [-0.05, 0) is 12.1 Å². The number of nitrogens with one attached hydrogen (secondary N) is 2. The second-order valence-corrected chi connectivity index (χ2v) is 4.48. The molecule has 0 aliphatic carbocycles. The lowest BCUT2D eigenvalue weighted by Gasteiger charge is -2.06. The summed E-state index contributed by atoms with van der Waals surface area (Å²) in [6.45, 7) is 0.386. The first-order valence-corrected chi connectivity index (χ1v) is 6.14. The van der Waals surface area contributed by atoms with Gasteiger partial charge in [0.05, 0.1) is 23.9 Å². The minimum atomic E-state index is -1.11. The average Bonchev–Trinajstić information content (AvgIpc) is 2.90. The number of carboxylic acids is 1. The van der Waals surface area contributed by atoms with Crippen LogP contribution in [-0.2, 0) is 6.54 Å². The number of carbonyl (C=O) groups is 2. The monoisotopic (exact) mass is 278 g/mol. The van der Waals surface area contributed by atoms with Crippen LogP contribution < -0.4 is 10.6 Å². The van der Waals surface area contributed by atoms with E-state index in [2.05, 4.69) is 20.6 Å². The Morgan fingerprint density at radius 2 is 2.16 bits per heavy atom. The van der Waals surface area contributed by atoms with Crippen LogP contribution in [0.4, 0.5) is 10.5 Å². The predicted octanol–water partition coefficient (Wildman–Crippen LogP) is 1.56. The van der Waals surface area contributed by atoms with Crippen molar-refractivity contribution in [3.05, 3.63) is 40.6 Å². The molecule has 0 aliphatic rings. The first kappa shape index (κ1) is 13.0. The molecular weight excluding hydrogens is 268 g/mol. The average molecular weight is 278 g/mol. The highest BCUT2D eigenvalue weighted by Crippen LogP contribution is 2.07. The highest BCUT2D eigenvalue weighted by atomic mass is 32.1. The highest BCUT2D eigenvalue weighted by molar-refractivity contribution is 7.09. The van der Waals surface area contributed by atoms with Crippen LogP contribution in [0.2, 0.25) is 0 Å². The SMILES string of the molecule is O=C(NCc1cncs1)Nc1ccc(C(=O)O)nc1. The molecule has 2 amide bonds. The minimum Gasteiger partial charge on any atom is -0.477 e. The number of amides is 2. The molecule has 2 rings (SSSR count). The van der Waals surface area contributed by atoms with E-state index in [1.54, 1.807) is 11.7 Å². The van der Waals surface area contributed by atoms with Gasteiger partial charge in [0.2, 0.25) is 0 Å². The van der Waals surface area contributed by atoms with Crippen molar-refractivity contribution in [2.45, 2.75) is 6.54 Å². The number of anilines is 1. The number of nitrogens with zero attached hydrogens (tertiary/aromatic N) is 2. The van der Waals surface area contributed by atoms with Crippen molar-refractivity contribution in [1.82, 2.24) is 15.3 Å². The molecule has 2 aromatic rings. The third-order valence-electron chi connectivity index (χ3n) is 2.15. The molecule has 98 valence electrons. The van der Waals surface area contributed by atoms with Crippen molar-refractivity contribution in [1.29, 1.82) is 0 Å². The molecule has 19 heavy (non-hydrogen) atoms. The number of urea groups is 1. The van der Waals surface area contributed by atoms with Gasteiger partial charge in [0.25, 0.3) is 0 Å². The number of pyridine rings is 1. The van der Waals surface area contributed by atoms with Crippen LogP contribution in [0, 0.1) is 0 Å². The van der Waals surface area contributed by atoms with E-state index in [9.17, 15) is 9.59 Å². The van der Waals surface area contributed by atoms with Crippen molar-refractivity contribution < 1.29 is 14.7 Å². The number of hydrogen-bond acceptors (Lipinski definition) is 5. The summed E-state index contributed by atoms with van der Waals surface area (Å²) in [5.41, 5.74) is 2.03. The Morgan fingerprint density at radius 1 is 1.32 bits per heavy atom. The molecule has 0 saturated heterocycles. The zero-order valence-electron chi connectivity index (χ0n) is 9.66. The second kappa shape index (κ2) is 5.91. The topological polar surface area (TPSA) is 104 Å². The number of rotatable bonds is 4. The molecule has 0 aliphatic heterocycles. The van der Waals surface area contributed by atoms with Gasteiger partial charge < -0.3 is 15.7 Å². The van der Waals surface area contributed by atoms with E-state index in [0.29, 0.717) is 12.2 Å². The second-order valence-electron chi connectivity index (χ2n) is 3.51. The summed E-state index contributed by atoms with van der Waals surface area (Å²) in [7, 11) is 0. The molecule has 0 saturated carbocycles. The number of aromatic carboxylic acids is 1. The Balaban J connectivity index is 1.86. The van der Waals surface area contributed by atoms with Crippen LogP contribution in [0.3, 0.4) is 0 Å². The molecule has 0 fully saturated rings. The van der Waals surface area contributed by atoms with Crippen molar-refractivity contribution in [3.63, 3.8) is 0 Å². The van der Waals surface area contributed by atoms with Crippen LogP contribution in [0.25, 0.3) is 0 Å². The minimum absolute atomic E-state index is 0.0735. The predicted molar refractivity (Wildman–Crippen MR) is 69.2 cm³/mol. The molecule has 8 heteroatoms.